The van der Waals surface area contributed by atoms with Crippen LogP contribution in [0.5, 0.6) is 0 Å². The third-order valence-electron chi connectivity index (χ3n) is 2.25. The monoisotopic (exact) mass is 274 g/mol. The Morgan fingerprint density at radius 3 is 2.73 bits per heavy atom. The average Bonchev–Trinajstić information content (AvgIpc) is 2.59. The minimum Gasteiger partial charge on any atom is -0.453 e. The summed E-state index contributed by atoms with van der Waals surface area (Å²) in [5.74, 6) is 0.978. The molecular formula is C11H19BrN2O. The van der Waals surface area contributed by atoms with Crippen molar-refractivity contribution >= 4 is 15.9 Å². The Bertz CT molecular complexity index is 286. The molecule has 1 N–H and O–H groups in total. The second kappa shape index (κ2) is 6.30. The van der Waals surface area contributed by atoms with Crippen molar-refractivity contribution in [2.45, 2.75) is 19.4 Å². The number of nitrogens with zero attached hydrogens (tertiary/aromatic N) is 1. The largest absolute Gasteiger partial charge is 0.453 e. The van der Waals surface area contributed by atoms with Gasteiger partial charge in [-0.3, -0.25) is 0 Å². The first-order valence-corrected chi connectivity index (χ1v) is 6.02. The predicted octanol–water partition coefficient (Wildman–Crippen LogP) is 2.64. The third kappa shape index (κ3) is 4.82. The van der Waals surface area contributed by atoms with Gasteiger partial charge in [0.05, 0.1) is 6.04 Å². The van der Waals surface area contributed by atoms with Crippen LogP contribution in [0.2, 0.25) is 0 Å². The Balaban J connectivity index is 2.21. The van der Waals surface area contributed by atoms with Gasteiger partial charge in [0, 0.05) is 0 Å². The summed E-state index contributed by atoms with van der Waals surface area (Å²) in [5, 5.41) is 3.43. The number of halogens is 1. The molecule has 0 bridgehead atoms. The lowest BCUT2D eigenvalue weighted by Gasteiger charge is -2.13. The summed E-state index contributed by atoms with van der Waals surface area (Å²) in [6.07, 6.45) is 1.15. The zero-order chi connectivity index (χ0) is 11.3. The molecule has 1 unspecified atom stereocenters. The van der Waals surface area contributed by atoms with Gasteiger partial charge in [-0.25, -0.2) is 0 Å². The van der Waals surface area contributed by atoms with E-state index in [0.717, 1.165) is 29.9 Å². The molecule has 1 atom stereocenters. The van der Waals surface area contributed by atoms with Gasteiger partial charge in [0.1, 0.15) is 5.76 Å². The van der Waals surface area contributed by atoms with Crippen LogP contribution in [0, 0.1) is 0 Å². The van der Waals surface area contributed by atoms with Gasteiger partial charge < -0.3 is 14.6 Å². The van der Waals surface area contributed by atoms with Crippen LogP contribution in [0.3, 0.4) is 0 Å². The van der Waals surface area contributed by atoms with E-state index in [1.807, 2.05) is 12.1 Å². The highest BCUT2D eigenvalue weighted by molar-refractivity contribution is 9.10. The SMILES string of the molecule is CC(NCCCN(C)C)c1ccc(Br)o1. The summed E-state index contributed by atoms with van der Waals surface area (Å²) in [6.45, 7) is 4.24. The number of hydrogen-bond acceptors (Lipinski definition) is 3. The third-order valence-corrected chi connectivity index (χ3v) is 2.68. The van der Waals surface area contributed by atoms with Crippen LogP contribution in [-0.2, 0) is 0 Å². The molecule has 1 heterocycles. The number of furan rings is 1. The number of hydrogen-bond donors (Lipinski definition) is 1. The Morgan fingerprint density at radius 1 is 1.47 bits per heavy atom. The Labute approximate surface area is 100.0 Å². The molecule has 0 saturated carbocycles. The normalized spacial score (nSPS) is 13.4. The van der Waals surface area contributed by atoms with E-state index < -0.39 is 0 Å². The molecule has 0 amide bonds. The van der Waals surface area contributed by atoms with E-state index in [9.17, 15) is 0 Å². The number of nitrogens with one attached hydrogen (secondary N) is 1. The molecule has 0 aliphatic heterocycles. The fourth-order valence-corrected chi connectivity index (χ4v) is 1.69. The van der Waals surface area contributed by atoms with Gasteiger partial charge in [-0.2, -0.15) is 0 Å². The molecule has 0 aliphatic carbocycles. The number of rotatable bonds is 6. The summed E-state index contributed by atoms with van der Waals surface area (Å²) in [4.78, 5) is 2.19. The molecule has 15 heavy (non-hydrogen) atoms. The summed E-state index contributed by atoms with van der Waals surface area (Å²) < 4.78 is 6.26. The van der Waals surface area contributed by atoms with Crippen molar-refractivity contribution in [2.24, 2.45) is 0 Å². The molecule has 0 saturated heterocycles. The van der Waals surface area contributed by atoms with Crippen LogP contribution in [0.1, 0.15) is 25.1 Å². The van der Waals surface area contributed by atoms with Crippen molar-refractivity contribution in [2.75, 3.05) is 27.2 Å². The van der Waals surface area contributed by atoms with Crippen molar-refractivity contribution < 1.29 is 4.42 Å². The summed E-state index contributed by atoms with van der Waals surface area (Å²) >= 11 is 3.30. The van der Waals surface area contributed by atoms with Crippen molar-refractivity contribution in [3.8, 4) is 0 Å². The first-order chi connectivity index (χ1) is 7.09. The summed E-state index contributed by atoms with van der Waals surface area (Å²) in [7, 11) is 4.18. The van der Waals surface area contributed by atoms with E-state index in [4.69, 9.17) is 4.42 Å². The first-order valence-electron chi connectivity index (χ1n) is 5.23. The lowest BCUT2D eigenvalue weighted by Crippen LogP contribution is -2.23. The van der Waals surface area contributed by atoms with E-state index in [2.05, 4.69) is 47.2 Å². The first kappa shape index (κ1) is 12.7. The molecule has 1 aromatic heterocycles. The van der Waals surface area contributed by atoms with Crippen molar-refractivity contribution in [3.63, 3.8) is 0 Å². The van der Waals surface area contributed by atoms with Crippen LogP contribution in [0.4, 0.5) is 0 Å². The van der Waals surface area contributed by atoms with E-state index in [0.29, 0.717) is 0 Å². The smallest absolute Gasteiger partial charge is 0.169 e. The minimum atomic E-state index is 0.276. The van der Waals surface area contributed by atoms with E-state index in [-0.39, 0.29) is 6.04 Å². The van der Waals surface area contributed by atoms with E-state index in [1.165, 1.54) is 0 Å². The van der Waals surface area contributed by atoms with E-state index in [1.54, 1.807) is 0 Å². The fraction of sp³-hybridized carbons (Fsp3) is 0.636. The molecule has 0 radical (unpaired) electrons. The van der Waals surface area contributed by atoms with Crippen LogP contribution < -0.4 is 5.32 Å². The maximum absolute atomic E-state index is 5.47. The molecule has 0 fully saturated rings. The second-order valence-electron chi connectivity index (χ2n) is 3.97. The van der Waals surface area contributed by atoms with Gasteiger partial charge in [-0.1, -0.05) is 0 Å². The zero-order valence-electron chi connectivity index (χ0n) is 9.59. The predicted molar refractivity (Wildman–Crippen MR) is 66.0 cm³/mol. The van der Waals surface area contributed by atoms with Gasteiger partial charge >= 0.3 is 0 Å². The molecular weight excluding hydrogens is 256 g/mol. The van der Waals surface area contributed by atoms with Crippen molar-refractivity contribution in [3.05, 3.63) is 22.6 Å². The lowest BCUT2D eigenvalue weighted by atomic mass is 10.2. The van der Waals surface area contributed by atoms with E-state index >= 15 is 0 Å². The topological polar surface area (TPSA) is 28.4 Å². The van der Waals surface area contributed by atoms with Gasteiger partial charge in [-0.15, -0.1) is 0 Å². The Kier molecular flexibility index (Phi) is 5.36. The maximum Gasteiger partial charge on any atom is 0.169 e. The average molecular weight is 275 g/mol. The molecule has 4 heteroatoms. The molecule has 1 aromatic rings. The second-order valence-corrected chi connectivity index (χ2v) is 4.76. The van der Waals surface area contributed by atoms with Crippen molar-refractivity contribution in [1.29, 1.82) is 0 Å². The summed E-state index contributed by atoms with van der Waals surface area (Å²) in [6, 6.07) is 4.19. The molecule has 3 nitrogen and oxygen atoms in total. The lowest BCUT2D eigenvalue weighted by molar-refractivity contribution is 0.375. The quantitative estimate of drug-likeness (QED) is 0.809. The Hall–Kier alpha value is -0.320. The molecule has 1 rings (SSSR count). The van der Waals surface area contributed by atoms with Gasteiger partial charge in [0.25, 0.3) is 0 Å². The van der Waals surface area contributed by atoms with Gasteiger partial charge in [0.15, 0.2) is 4.67 Å². The van der Waals surface area contributed by atoms with Crippen LogP contribution >= 0.6 is 15.9 Å². The molecule has 0 aromatic carbocycles. The van der Waals surface area contributed by atoms with Crippen LogP contribution in [0.15, 0.2) is 21.2 Å². The zero-order valence-corrected chi connectivity index (χ0v) is 11.2. The van der Waals surface area contributed by atoms with Crippen LogP contribution in [-0.4, -0.2) is 32.1 Å². The molecule has 0 spiro atoms. The standard InChI is InChI=1S/C11H19BrN2O/c1-9(10-5-6-11(12)15-10)13-7-4-8-14(2)3/h5-6,9,13H,4,7-8H2,1-3H3. The molecule has 0 aliphatic rings. The highest BCUT2D eigenvalue weighted by Gasteiger charge is 2.08. The van der Waals surface area contributed by atoms with Gasteiger partial charge in [-0.05, 0) is 68.6 Å². The van der Waals surface area contributed by atoms with Crippen LogP contribution in [0.25, 0.3) is 0 Å². The Morgan fingerprint density at radius 2 is 2.20 bits per heavy atom. The molecule has 86 valence electrons. The minimum absolute atomic E-state index is 0.276. The van der Waals surface area contributed by atoms with Crippen molar-refractivity contribution in [1.82, 2.24) is 10.2 Å². The summed E-state index contributed by atoms with van der Waals surface area (Å²) in [5.41, 5.74) is 0. The highest BCUT2D eigenvalue weighted by atomic mass is 79.9. The highest BCUT2D eigenvalue weighted by Crippen LogP contribution is 2.19. The maximum atomic E-state index is 5.47. The fourth-order valence-electron chi connectivity index (χ4n) is 1.38. The van der Waals surface area contributed by atoms with Gasteiger partial charge in [0.2, 0.25) is 0 Å².